The van der Waals surface area contributed by atoms with E-state index in [0.29, 0.717) is 12.1 Å². The first kappa shape index (κ1) is 18.6. The van der Waals surface area contributed by atoms with Crippen LogP contribution in [0.4, 0.5) is 11.4 Å². The minimum atomic E-state index is -0.513. The van der Waals surface area contributed by atoms with E-state index < -0.39 is 16.8 Å². The molecule has 1 atom stereocenters. The highest BCUT2D eigenvalue weighted by molar-refractivity contribution is 5.99. The van der Waals surface area contributed by atoms with Gasteiger partial charge in [-0.3, -0.25) is 19.7 Å². The summed E-state index contributed by atoms with van der Waals surface area (Å²) in [6, 6.07) is 13.6. The van der Waals surface area contributed by atoms with Crippen LogP contribution in [0.5, 0.6) is 0 Å². The minimum Gasteiger partial charge on any atom is -0.461 e. The summed E-state index contributed by atoms with van der Waals surface area (Å²) in [5.74, 6) is -1.05. The molecule has 0 saturated carbocycles. The summed E-state index contributed by atoms with van der Waals surface area (Å²) in [4.78, 5) is 36.4. The Morgan fingerprint density at radius 2 is 1.78 bits per heavy atom. The number of non-ortho nitro benzene ring substituents is 1. The first-order valence-electron chi connectivity index (χ1n) is 8.77. The van der Waals surface area contributed by atoms with Gasteiger partial charge in [-0.05, 0) is 41.8 Å². The van der Waals surface area contributed by atoms with Gasteiger partial charge in [-0.15, -0.1) is 0 Å². The number of nitro groups is 1. The molecule has 1 fully saturated rings. The average molecular weight is 368 g/mol. The number of hydrogen-bond acceptors (Lipinski definition) is 5. The van der Waals surface area contributed by atoms with E-state index >= 15 is 0 Å². The Kier molecular flexibility index (Phi) is 5.49. The molecule has 1 aliphatic rings. The van der Waals surface area contributed by atoms with Crippen molar-refractivity contribution in [1.82, 2.24) is 0 Å². The van der Waals surface area contributed by atoms with Crippen molar-refractivity contribution >= 4 is 23.3 Å². The Bertz CT molecular complexity index is 846. The topological polar surface area (TPSA) is 89.8 Å². The van der Waals surface area contributed by atoms with Gasteiger partial charge in [0.25, 0.3) is 5.69 Å². The van der Waals surface area contributed by atoms with Crippen molar-refractivity contribution in [2.24, 2.45) is 5.92 Å². The van der Waals surface area contributed by atoms with Crippen molar-refractivity contribution in [3.63, 3.8) is 0 Å². The first-order valence-corrected chi connectivity index (χ1v) is 8.77. The molecule has 2 aromatic rings. The van der Waals surface area contributed by atoms with E-state index in [1.165, 1.54) is 17.7 Å². The highest BCUT2D eigenvalue weighted by atomic mass is 16.6. The van der Waals surface area contributed by atoms with Gasteiger partial charge < -0.3 is 9.64 Å². The van der Waals surface area contributed by atoms with Crippen LogP contribution in [0, 0.1) is 16.0 Å². The van der Waals surface area contributed by atoms with Crippen LogP contribution < -0.4 is 4.90 Å². The molecule has 1 saturated heterocycles. The molecule has 1 aliphatic heterocycles. The number of esters is 1. The van der Waals surface area contributed by atoms with Crippen molar-refractivity contribution in [2.45, 2.75) is 26.4 Å². The summed E-state index contributed by atoms with van der Waals surface area (Å²) < 4.78 is 5.29. The molecule has 0 bridgehead atoms. The summed E-state index contributed by atoms with van der Waals surface area (Å²) in [6.45, 7) is 2.38. The average Bonchev–Trinajstić information content (AvgIpc) is 3.08. The number of anilines is 1. The molecule has 2 aromatic carbocycles. The molecule has 3 rings (SSSR count). The predicted molar refractivity (Wildman–Crippen MR) is 99.2 cm³/mol. The number of nitrogens with zero attached hydrogens (tertiary/aromatic N) is 2. The molecule has 1 amide bonds. The monoisotopic (exact) mass is 368 g/mol. The zero-order valence-corrected chi connectivity index (χ0v) is 15.0. The molecule has 0 N–H and O–H groups in total. The lowest BCUT2D eigenvalue weighted by Crippen LogP contribution is -2.26. The maximum atomic E-state index is 12.3. The molecule has 1 heterocycles. The van der Waals surface area contributed by atoms with E-state index in [9.17, 15) is 19.7 Å². The standard InChI is InChI=1S/C20H20N2O5/c1-2-14-3-7-17(8-4-14)21-12-16(11-19(21)23)20(24)27-13-15-5-9-18(10-6-15)22(25)26/h3-10,16H,2,11-13H2,1H3. The van der Waals surface area contributed by atoms with Crippen LogP contribution >= 0.6 is 0 Å². The quantitative estimate of drug-likeness (QED) is 0.443. The highest BCUT2D eigenvalue weighted by Crippen LogP contribution is 2.26. The lowest BCUT2D eigenvalue weighted by molar-refractivity contribution is -0.384. The van der Waals surface area contributed by atoms with Crippen molar-refractivity contribution in [2.75, 3.05) is 11.4 Å². The third-order valence-corrected chi connectivity index (χ3v) is 4.64. The molecule has 27 heavy (non-hydrogen) atoms. The Morgan fingerprint density at radius 3 is 2.37 bits per heavy atom. The maximum Gasteiger partial charge on any atom is 0.311 e. The number of nitro benzene ring substituents is 1. The molecular weight excluding hydrogens is 348 g/mol. The summed E-state index contributed by atoms with van der Waals surface area (Å²) in [5, 5.41) is 10.7. The molecule has 0 spiro atoms. The molecule has 1 unspecified atom stereocenters. The van der Waals surface area contributed by atoms with Gasteiger partial charge in [-0.1, -0.05) is 19.1 Å². The Balaban J connectivity index is 1.57. The van der Waals surface area contributed by atoms with Crippen LogP contribution in [-0.4, -0.2) is 23.3 Å². The third-order valence-electron chi connectivity index (χ3n) is 4.64. The smallest absolute Gasteiger partial charge is 0.311 e. The van der Waals surface area contributed by atoms with Gasteiger partial charge in [0.05, 0.1) is 10.8 Å². The molecule has 0 aliphatic carbocycles. The number of amides is 1. The van der Waals surface area contributed by atoms with E-state index in [2.05, 4.69) is 6.92 Å². The fraction of sp³-hybridized carbons (Fsp3) is 0.300. The van der Waals surface area contributed by atoms with Crippen LogP contribution in [0.2, 0.25) is 0 Å². The van der Waals surface area contributed by atoms with Crippen molar-refractivity contribution in [3.8, 4) is 0 Å². The SMILES string of the molecule is CCc1ccc(N2CC(C(=O)OCc3ccc([N+](=O)[O-])cc3)CC2=O)cc1. The number of carbonyl (C=O) groups is 2. The minimum absolute atomic E-state index is 0.0174. The van der Waals surface area contributed by atoms with Crippen LogP contribution in [0.3, 0.4) is 0 Å². The normalized spacial score (nSPS) is 16.4. The van der Waals surface area contributed by atoms with Gasteiger partial charge in [0.15, 0.2) is 0 Å². The number of ether oxygens (including phenoxy) is 1. The fourth-order valence-electron chi connectivity index (χ4n) is 3.01. The van der Waals surface area contributed by atoms with E-state index in [4.69, 9.17) is 4.74 Å². The number of aryl methyl sites for hydroxylation is 1. The lowest BCUT2D eigenvalue weighted by Gasteiger charge is -2.17. The second-order valence-electron chi connectivity index (χ2n) is 6.46. The highest BCUT2D eigenvalue weighted by Gasteiger charge is 2.36. The molecule has 0 radical (unpaired) electrons. The second kappa shape index (κ2) is 7.99. The maximum absolute atomic E-state index is 12.3. The number of carbonyl (C=O) groups excluding carboxylic acids is 2. The van der Waals surface area contributed by atoms with Crippen molar-refractivity contribution in [3.05, 3.63) is 69.8 Å². The van der Waals surface area contributed by atoms with Crippen LogP contribution in [0.25, 0.3) is 0 Å². The number of rotatable bonds is 6. The van der Waals surface area contributed by atoms with Gasteiger partial charge in [0, 0.05) is 30.8 Å². The molecule has 0 aromatic heterocycles. The predicted octanol–water partition coefficient (Wildman–Crippen LogP) is 3.25. The molecular formula is C20H20N2O5. The van der Waals surface area contributed by atoms with Crippen LogP contribution in [0.15, 0.2) is 48.5 Å². The second-order valence-corrected chi connectivity index (χ2v) is 6.46. The number of benzene rings is 2. The summed E-state index contributed by atoms with van der Waals surface area (Å²) in [6.07, 6.45) is 1.04. The van der Waals surface area contributed by atoms with Gasteiger partial charge in [-0.25, -0.2) is 0 Å². The Hall–Kier alpha value is -3.22. The lowest BCUT2D eigenvalue weighted by atomic mass is 10.1. The number of hydrogen-bond donors (Lipinski definition) is 0. The van der Waals surface area contributed by atoms with E-state index in [1.807, 2.05) is 24.3 Å². The largest absolute Gasteiger partial charge is 0.461 e. The molecule has 7 heteroatoms. The molecule has 7 nitrogen and oxygen atoms in total. The summed E-state index contributed by atoms with van der Waals surface area (Å²) in [5.41, 5.74) is 2.61. The van der Waals surface area contributed by atoms with Gasteiger partial charge in [0.1, 0.15) is 6.61 Å². The van der Waals surface area contributed by atoms with Crippen molar-refractivity contribution in [1.29, 1.82) is 0 Å². The van der Waals surface area contributed by atoms with Crippen molar-refractivity contribution < 1.29 is 19.2 Å². The van der Waals surface area contributed by atoms with E-state index in [-0.39, 0.29) is 24.6 Å². The van der Waals surface area contributed by atoms with E-state index in [0.717, 1.165) is 12.1 Å². The summed E-state index contributed by atoms with van der Waals surface area (Å²) in [7, 11) is 0. The Morgan fingerprint density at radius 1 is 1.15 bits per heavy atom. The first-order chi connectivity index (χ1) is 13.0. The fourth-order valence-corrected chi connectivity index (χ4v) is 3.01. The zero-order valence-electron chi connectivity index (χ0n) is 15.0. The van der Waals surface area contributed by atoms with Gasteiger partial charge >= 0.3 is 5.97 Å². The molecule has 140 valence electrons. The van der Waals surface area contributed by atoms with Crippen LogP contribution in [0.1, 0.15) is 24.5 Å². The zero-order chi connectivity index (χ0) is 19.4. The third kappa shape index (κ3) is 4.31. The van der Waals surface area contributed by atoms with Gasteiger partial charge in [0.2, 0.25) is 5.91 Å². The Labute approximate surface area is 156 Å². The van der Waals surface area contributed by atoms with Crippen LogP contribution in [-0.2, 0) is 27.4 Å². The van der Waals surface area contributed by atoms with E-state index in [1.54, 1.807) is 17.0 Å². The summed E-state index contributed by atoms with van der Waals surface area (Å²) >= 11 is 0. The van der Waals surface area contributed by atoms with Gasteiger partial charge in [-0.2, -0.15) is 0 Å².